The Morgan fingerprint density at radius 2 is 1.64 bits per heavy atom. The number of hydrogen-bond acceptors (Lipinski definition) is 6. The largest absolute Gasteiger partial charge is 0.493 e. The molecule has 1 heterocycles. The molecule has 0 aliphatic carbocycles. The fourth-order valence-electron chi connectivity index (χ4n) is 2.73. The summed E-state index contributed by atoms with van der Waals surface area (Å²) in [5.41, 5.74) is 0.952. The van der Waals surface area contributed by atoms with Gasteiger partial charge in [0.1, 0.15) is 10.6 Å². The van der Waals surface area contributed by atoms with Crippen molar-refractivity contribution >= 4 is 15.9 Å². The van der Waals surface area contributed by atoms with Gasteiger partial charge in [0.25, 0.3) is 5.91 Å². The lowest BCUT2D eigenvalue weighted by molar-refractivity contribution is 0.0931. The van der Waals surface area contributed by atoms with Gasteiger partial charge in [-0.05, 0) is 37.7 Å². The van der Waals surface area contributed by atoms with E-state index in [2.05, 4.69) is 10.0 Å². The van der Waals surface area contributed by atoms with Gasteiger partial charge in [-0.1, -0.05) is 0 Å². The minimum absolute atomic E-state index is 0.0167. The van der Waals surface area contributed by atoms with Crippen molar-refractivity contribution in [2.75, 3.05) is 28.4 Å². The highest BCUT2D eigenvalue weighted by molar-refractivity contribution is 7.89. The lowest BCUT2D eigenvalue weighted by Gasteiger charge is -2.19. The number of ether oxygens (including phenoxy) is 3. The molecule has 1 amide bonds. The summed E-state index contributed by atoms with van der Waals surface area (Å²) in [6.07, 6.45) is 1.38. The minimum atomic E-state index is -3.64. The summed E-state index contributed by atoms with van der Waals surface area (Å²) >= 11 is 0. The SMILES string of the molecule is CNS(=O)(=O)c1cc(C(=O)NC(C)c2cc(OC)c(OC)c(OC)c2)n(C)c1. The molecule has 2 N–H and O–H groups in total. The van der Waals surface area contributed by atoms with Crippen molar-refractivity contribution in [1.29, 1.82) is 0 Å². The lowest BCUT2D eigenvalue weighted by Crippen LogP contribution is -2.28. The maximum atomic E-state index is 12.7. The Kier molecular flexibility index (Phi) is 6.57. The molecule has 0 spiro atoms. The maximum absolute atomic E-state index is 12.7. The zero-order valence-corrected chi connectivity index (χ0v) is 17.5. The Morgan fingerprint density at radius 1 is 1.07 bits per heavy atom. The highest BCUT2D eigenvalue weighted by atomic mass is 32.2. The first-order valence-corrected chi connectivity index (χ1v) is 9.87. The van der Waals surface area contributed by atoms with Crippen LogP contribution in [-0.2, 0) is 17.1 Å². The van der Waals surface area contributed by atoms with E-state index in [0.717, 1.165) is 5.56 Å². The van der Waals surface area contributed by atoms with Crippen molar-refractivity contribution in [1.82, 2.24) is 14.6 Å². The number of carbonyl (C=O) groups excluding carboxylic acids is 1. The Balaban J connectivity index is 2.30. The minimum Gasteiger partial charge on any atom is -0.493 e. The first kappa shape index (κ1) is 21.6. The normalized spacial score (nSPS) is 12.4. The number of hydrogen-bond donors (Lipinski definition) is 2. The Labute approximate surface area is 164 Å². The van der Waals surface area contributed by atoms with Crippen molar-refractivity contribution in [2.24, 2.45) is 7.05 Å². The second-order valence-electron chi connectivity index (χ2n) is 6.03. The van der Waals surface area contributed by atoms with E-state index in [-0.39, 0.29) is 10.6 Å². The van der Waals surface area contributed by atoms with Gasteiger partial charge in [0.15, 0.2) is 11.5 Å². The molecule has 1 aromatic heterocycles. The van der Waals surface area contributed by atoms with Gasteiger partial charge in [0.2, 0.25) is 15.8 Å². The number of rotatable bonds is 8. The van der Waals surface area contributed by atoms with Crippen LogP contribution in [0, 0.1) is 0 Å². The van der Waals surface area contributed by atoms with Crippen LogP contribution in [0.2, 0.25) is 0 Å². The van der Waals surface area contributed by atoms with Crippen molar-refractivity contribution in [2.45, 2.75) is 17.9 Å². The first-order chi connectivity index (χ1) is 13.2. The number of nitrogens with one attached hydrogen (secondary N) is 2. The molecule has 2 rings (SSSR count). The molecule has 1 aromatic carbocycles. The Morgan fingerprint density at radius 3 is 2.11 bits per heavy atom. The molecule has 0 saturated carbocycles. The van der Waals surface area contributed by atoms with Crippen molar-refractivity contribution in [3.05, 3.63) is 35.7 Å². The molecule has 10 heteroatoms. The summed E-state index contributed by atoms with van der Waals surface area (Å²) in [6, 6.07) is 4.41. The van der Waals surface area contributed by atoms with E-state index in [0.29, 0.717) is 17.2 Å². The molecule has 0 radical (unpaired) electrons. The van der Waals surface area contributed by atoms with Crippen LogP contribution in [0.4, 0.5) is 0 Å². The number of benzene rings is 1. The van der Waals surface area contributed by atoms with E-state index in [1.807, 2.05) is 0 Å². The Hall–Kier alpha value is -2.72. The van der Waals surface area contributed by atoms with Crippen LogP contribution >= 0.6 is 0 Å². The van der Waals surface area contributed by atoms with E-state index in [1.165, 1.54) is 45.2 Å². The van der Waals surface area contributed by atoms with Gasteiger partial charge in [0, 0.05) is 13.2 Å². The summed E-state index contributed by atoms with van der Waals surface area (Å²) in [5.74, 6) is 0.983. The number of aryl methyl sites for hydroxylation is 1. The molecule has 2 aromatic rings. The highest BCUT2D eigenvalue weighted by Gasteiger charge is 2.22. The fraction of sp³-hybridized carbons (Fsp3) is 0.389. The molecule has 0 aliphatic heterocycles. The van der Waals surface area contributed by atoms with Gasteiger partial charge < -0.3 is 24.1 Å². The molecule has 0 aliphatic rings. The van der Waals surface area contributed by atoms with Crippen molar-refractivity contribution in [3.63, 3.8) is 0 Å². The maximum Gasteiger partial charge on any atom is 0.268 e. The number of sulfonamides is 1. The number of carbonyl (C=O) groups is 1. The summed E-state index contributed by atoms with van der Waals surface area (Å²) in [5, 5.41) is 2.85. The van der Waals surface area contributed by atoms with Crippen LogP contribution in [0.1, 0.15) is 29.0 Å². The summed E-state index contributed by atoms with van der Waals surface area (Å²) < 4.78 is 43.5. The zero-order valence-electron chi connectivity index (χ0n) is 16.7. The van der Waals surface area contributed by atoms with Crippen LogP contribution in [0.5, 0.6) is 17.2 Å². The van der Waals surface area contributed by atoms with Crippen LogP contribution in [0.25, 0.3) is 0 Å². The third-order valence-electron chi connectivity index (χ3n) is 4.33. The monoisotopic (exact) mass is 411 g/mol. The Bertz CT molecular complexity index is 943. The van der Waals surface area contributed by atoms with Gasteiger partial charge in [-0.2, -0.15) is 0 Å². The molecular formula is C18H25N3O6S. The van der Waals surface area contributed by atoms with Crippen LogP contribution < -0.4 is 24.2 Å². The van der Waals surface area contributed by atoms with E-state index in [4.69, 9.17) is 14.2 Å². The van der Waals surface area contributed by atoms with Gasteiger partial charge in [-0.25, -0.2) is 13.1 Å². The number of methoxy groups -OCH3 is 3. The summed E-state index contributed by atoms with van der Waals surface area (Å²) in [7, 11) is 3.82. The number of aromatic nitrogens is 1. The van der Waals surface area contributed by atoms with Gasteiger partial charge in [0.05, 0.1) is 27.4 Å². The second-order valence-corrected chi connectivity index (χ2v) is 7.92. The van der Waals surface area contributed by atoms with E-state index >= 15 is 0 Å². The molecule has 0 saturated heterocycles. The third-order valence-corrected chi connectivity index (χ3v) is 5.71. The van der Waals surface area contributed by atoms with Crippen LogP contribution in [0.15, 0.2) is 29.3 Å². The zero-order chi connectivity index (χ0) is 21.1. The predicted octanol–water partition coefficient (Wildman–Crippen LogP) is 1.45. The smallest absolute Gasteiger partial charge is 0.268 e. The highest BCUT2D eigenvalue weighted by Crippen LogP contribution is 2.39. The second kappa shape index (κ2) is 8.53. The molecular weight excluding hydrogens is 386 g/mol. The van der Waals surface area contributed by atoms with Gasteiger partial charge >= 0.3 is 0 Å². The van der Waals surface area contributed by atoms with E-state index in [1.54, 1.807) is 26.1 Å². The summed E-state index contributed by atoms with van der Waals surface area (Å²) in [4.78, 5) is 12.7. The van der Waals surface area contributed by atoms with E-state index < -0.39 is 22.0 Å². The molecule has 0 bridgehead atoms. The fourth-order valence-corrected chi connectivity index (χ4v) is 3.53. The van der Waals surface area contributed by atoms with Gasteiger partial charge in [-0.3, -0.25) is 4.79 Å². The van der Waals surface area contributed by atoms with E-state index in [9.17, 15) is 13.2 Å². The first-order valence-electron chi connectivity index (χ1n) is 8.39. The topological polar surface area (TPSA) is 108 Å². The standard InChI is InChI=1S/C18H25N3O6S/c1-11(12-7-15(25-4)17(27-6)16(8-12)26-5)20-18(22)14-9-13(10-21(14)3)28(23,24)19-2/h7-11,19H,1-6H3,(H,20,22). The molecule has 0 fully saturated rings. The number of amides is 1. The third kappa shape index (κ3) is 4.23. The lowest BCUT2D eigenvalue weighted by atomic mass is 10.1. The average Bonchev–Trinajstić information content (AvgIpc) is 3.09. The van der Waals surface area contributed by atoms with Crippen LogP contribution in [0.3, 0.4) is 0 Å². The van der Waals surface area contributed by atoms with Crippen molar-refractivity contribution in [3.8, 4) is 17.2 Å². The number of nitrogens with zero attached hydrogens (tertiary/aromatic N) is 1. The molecule has 1 unspecified atom stereocenters. The molecule has 154 valence electrons. The average molecular weight is 411 g/mol. The quantitative estimate of drug-likeness (QED) is 0.681. The van der Waals surface area contributed by atoms with Gasteiger partial charge in [-0.15, -0.1) is 0 Å². The molecule has 9 nitrogen and oxygen atoms in total. The van der Waals surface area contributed by atoms with Crippen molar-refractivity contribution < 1.29 is 27.4 Å². The summed E-state index contributed by atoms with van der Waals surface area (Å²) in [6.45, 7) is 1.80. The molecule has 28 heavy (non-hydrogen) atoms. The van der Waals surface area contributed by atoms with Crippen LogP contribution in [-0.4, -0.2) is 47.3 Å². The predicted molar refractivity (Wildman–Crippen MR) is 104 cm³/mol. The molecule has 1 atom stereocenters.